The molecule has 0 radical (unpaired) electrons. The Morgan fingerprint density at radius 2 is 1.91 bits per heavy atom. The van der Waals surface area contributed by atoms with Crippen LogP contribution in [-0.4, -0.2) is 36.0 Å². The van der Waals surface area contributed by atoms with Crippen molar-refractivity contribution in [3.05, 3.63) is 55.1 Å². The van der Waals surface area contributed by atoms with Crippen LogP contribution in [0.2, 0.25) is 0 Å². The summed E-state index contributed by atoms with van der Waals surface area (Å²) in [6.45, 7) is 0. The first-order chi connectivity index (χ1) is 15.7. The minimum Gasteiger partial charge on any atom is -0.352 e. The maximum absolute atomic E-state index is 12.5. The average Bonchev–Trinajstić information content (AvgIpc) is 3.58. The van der Waals surface area contributed by atoms with E-state index < -0.39 is 0 Å². The molecule has 32 heavy (non-hydrogen) atoms. The highest BCUT2D eigenvalue weighted by molar-refractivity contribution is 5.95. The number of carbonyl (C=O) groups excluding carboxylic acids is 1. The number of amides is 1. The van der Waals surface area contributed by atoms with Gasteiger partial charge >= 0.3 is 0 Å². The van der Waals surface area contributed by atoms with Crippen LogP contribution < -0.4 is 5.32 Å². The van der Waals surface area contributed by atoms with E-state index in [9.17, 15) is 4.79 Å². The van der Waals surface area contributed by atoms with Crippen LogP contribution in [0.5, 0.6) is 0 Å². The van der Waals surface area contributed by atoms with Gasteiger partial charge in [0, 0.05) is 29.3 Å². The van der Waals surface area contributed by atoms with Gasteiger partial charge < -0.3 is 10.3 Å². The van der Waals surface area contributed by atoms with Gasteiger partial charge in [-0.25, -0.2) is 4.98 Å². The molecule has 1 aliphatic rings. The first kappa shape index (κ1) is 18.7. The molecule has 6 rings (SSSR count). The number of anilines is 1. The van der Waals surface area contributed by atoms with Crippen molar-refractivity contribution in [1.82, 2.24) is 30.1 Å². The number of fused-ring (bicyclic) bond motifs is 2. The highest BCUT2D eigenvalue weighted by Crippen LogP contribution is 2.30. The van der Waals surface area contributed by atoms with Crippen molar-refractivity contribution >= 4 is 33.5 Å². The van der Waals surface area contributed by atoms with Gasteiger partial charge in [-0.1, -0.05) is 12.8 Å². The zero-order valence-electron chi connectivity index (χ0n) is 17.3. The number of aromatic amines is 2. The van der Waals surface area contributed by atoms with Gasteiger partial charge in [-0.2, -0.15) is 5.10 Å². The second kappa shape index (κ2) is 7.56. The van der Waals surface area contributed by atoms with Crippen molar-refractivity contribution in [2.24, 2.45) is 5.92 Å². The van der Waals surface area contributed by atoms with Gasteiger partial charge in [-0.15, -0.1) is 0 Å². The van der Waals surface area contributed by atoms with Crippen LogP contribution in [0.3, 0.4) is 0 Å². The topological polar surface area (TPSA) is 112 Å². The Balaban J connectivity index is 1.35. The molecule has 8 heteroatoms. The molecule has 0 atom stereocenters. The molecule has 5 aromatic heterocycles. The summed E-state index contributed by atoms with van der Waals surface area (Å²) < 4.78 is 0. The SMILES string of the molecule is O=C(Nc1cncc(-c2ccc3[nH]nc(-c4cc5ccncc5[nH]4)c3n2)c1)C1CCCC1. The molecule has 0 unspecified atom stereocenters. The number of rotatable bonds is 4. The van der Waals surface area contributed by atoms with E-state index in [1.165, 1.54) is 0 Å². The van der Waals surface area contributed by atoms with Crippen LogP contribution >= 0.6 is 0 Å². The predicted molar refractivity (Wildman–Crippen MR) is 123 cm³/mol. The van der Waals surface area contributed by atoms with Crippen LogP contribution in [-0.2, 0) is 4.79 Å². The van der Waals surface area contributed by atoms with Crippen molar-refractivity contribution < 1.29 is 4.79 Å². The van der Waals surface area contributed by atoms with Crippen LogP contribution in [0.4, 0.5) is 5.69 Å². The Labute approximate surface area is 183 Å². The van der Waals surface area contributed by atoms with Crippen molar-refractivity contribution in [2.75, 3.05) is 5.32 Å². The molecule has 5 heterocycles. The van der Waals surface area contributed by atoms with E-state index in [2.05, 4.69) is 30.5 Å². The zero-order chi connectivity index (χ0) is 21.5. The standard InChI is InChI=1S/C24H21N7O/c32-24(14-3-1-2-4-14)27-17-9-16(11-26-12-17)18-5-6-19-22(29-18)23(31-30-19)20-10-15-7-8-25-13-21(15)28-20/h5-14,28H,1-4H2,(H,27,32)(H,30,31). The summed E-state index contributed by atoms with van der Waals surface area (Å²) in [6, 6.07) is 9.81. The normalized spacial score (nSPS) is 14.4. The third-order valence-electron chi connectivity index (χ3n) is 6.11. The lowest BCUT2D eigenvalue weighted by Crippen LogP contribution is -2.20. The first-order valence-corrected chi connectivity index (χ1v) is 10.8. The molecule has 0 saturated heterocycles. The van der Waals surface area contributed by atoms with Gasteiger partial charge in [0.15, 0.2) is 0 Å². The Hall–Kier alpha value is -4.07. The number of nitrogens with zero attached hydrogens (tertiary/aromatic N) is 4. The fraction of sp³-hybridized carbons (Fsp3) is 0.208. The van der Waals surface area contributed by atoms with Gasteiger partial charge in [-0.05, 0) is 43.2 Å². The van der Waals surface area contributed by atoms with Crippen molar-refractivity contribution in [3.63, 3.8) is 0 Å². The molecule has 0 aliphatic heterocycles. The number of hydrogen-bond acceptors (Lipinski definition) is 5. The third kappa shape index (κ3) is 3.30. The van der Waals surface area contributed by atoms with Gasteiger partial charge in [0.2, 0.25) is 5.91 Å². The summed E-state index contributed by atoms with van der Waals surface area (Å²) >= 11 is 0. The maximum Gasteiger partial charge on any atom is 0.227 e. The number of H-pyrrole nitrogens is 2. The smallest absolute Gasteiger partial charge is 0.227 e. The molecule has 1 amide bonds. The summed E-state index contributed by atoms with van der Waals surface area (Å²) in [4.78, 5) is 29.2. The van der Waals surface area contributed by atoms with Crippen LogP contribution in [0, 0.1) is 5.92 Å². The molecule has 1 fully saturated rings. The Morgan fingerprint density at radius 1 is 1.00 bits per heavy atom. The first-order valence-electron chi connectivity index (χ1n) is 10.8. The number of aromatic nitrogens is 6. The number of pyridine rings is 3. The van der Waals surface area contributed by atoms with Gasteiger partial charge in [0.1, 0.15) is 11.2 Å². The van der Waals surface area contributed by atoms with Gasteiger partial charge in [0.25, 0.3) is 0 Å². The molecule has 8 nitrogen and oxygen atoms in total. The van der Waals surface area contributed by atoms with Crippen molar-refractivity contribution in [3.8, 4) is 22.6 Å². The fourth-order valence-corrected chi connectivity index (χ4v) is 4.43. The minimum atomic E-state index is 0.0790. The largest absolute Gasteiger partial charge is 0.352 e. The molecule has 0 aromatic carbocycles. The Kier molecular flexibility index (Phi) is 4.41. The summed E-state index contributed by atoms with van der Waals surface area (Å²) in [6.07, 6.45) is 11.2. The third-order valence-corrected chi connectivity index (χ3v) is 6.11. The minimum absolute atomic E-state index is 0.0790. The van der Waals surface area contributed by atoms with Crippen molar-refractivity contribution in [2.45, 2.75) is 25.7 Å². The molecule has 0 bridgehead atoms. The quantitative estimate of drug-likeness (QED) is 0.388. The molecule has 0 spiro atoms. The van der Waals surface area contributed by atoms with Gasteiger partial charge in [-0.3, -0.25) is 19.9 Å². The lowest BCUT2D eigenvalue weighted by atomic mass is 10.1. The average molecular weight is 423 g/mol. The van der Waals surface area contributed by atoms with Gasteiger partial charge in [0.05, 0.1) is 40.5 Å². The summed E-state index contributed by atoms with van der Waals surface area (Å²) in [5, 5.41) is 11.6. The van der Waals surface area contributed by atoms with E-state index in [1.807, 2.05) is 30.3 Å². The summed E-state index contributed by atoms with van der Waals surface area (Å²) in [7, 11) is 0. The van der Waals surface area contributed by atoms with E-state index in [0.29, 0.717) is 5.69 Å². The second-order valence-electron chi connectivity index (χ2n) is 8.24. The highest BCUT2D eigenvalue weighted by Gasteiger charge is 2.22. The second-order valence-corrected chi connectivity index (χ2v) is 8.24. The molecule has 158 valence electrons. The van der Waals surface area contributed by atoms with E-state index in [1.54, 1.807) is 24.8 Å². The lowest BCUT2D eigenvalue weighted by molar-refractivity contribution is -0.119. The van der Waals surface area contributed by atoms with Crippen LogP contribution in [0.25, 0.3) is 44.6 Å². The Bertz CT molecular complexity index is 1410. The van der Waals surface area contributed by atoms with Crippen molar-refractivity contribution in [1.29, 1.82) is 0 Å². The van der Waals surface area contributed by atoms with Crippen LogP contribution in [0.15, 0.2) is 55.1 Å². The molecule has 3 N–H and O–H groups in total. The Morgan fingerprint density at radius 3 is 2.78 bits per heavy atom. The van der Waals surface area contributed by atoms with E-state index in [4.69, 9.17) is 4.98 Å². The lowest BCUT2D eigenvalue weighted by Gasteiger charge is -2.11. The molecular weight excluding hydrogens is 402 g/mol. The monoisotopic (exact) mass is 423 g/mol. The summed E-state index contributed by atoms with van der Waals surface area (Å²) in [5.74, 6) is 0.184. The number of hydrogen-bond donors (Lipinski definition) is 3. The molecule has 1 saturated carbocycles. The fourth-order valence-electron chi connectivity index (χ4n) is 4.43. The summed E-state index contributed by atoms with van der Waals surface area (Å²) in [5.41, 5.74) is 6.48. The zero-order valence-corrected chi connectivity index (χ0v) is 17.3. The molecular formula is C24H21N7O. The maximum atomic E-state index is 12.5. The molecule has 1 aliphatic carbocycles. The van der Waals surface area contributed by atoms with E-state index in [0.717, 1.165) is 70.3 Å². The van der Waals surface area contributed by atoms with E-state index in [-0.39, 0.29) is 11.8 Å². The molecule has 5 aromatic rings. The van der Waals surface area contributed by atoms with E-state index >= 15 is 0 Å². The predicted octanol–water partition coefficient (Wildman–Crippen LogP) is 4.69. The highest BCUT2D eigenvalue weighted by atomic mass is 16.1. The number of carbonyl (C=O) groups is 1. The van der Waals surface area contributed by atoms with Crippen LogP contribution in [0.1, 0.15) is 25.7 Å². The number of nitrogens with one attached hydrogen (secondary N) is 3.